The molecule has 1 rings (SSSR count). The molecule has 0 radical (unpaired) electrons. The van der Waals surface area contributed by atoms with Gasteiger partial charge in [0.25, 0.3) is 0 Å². The van der Waals surface area contributed by atoms with Crippen LogP contribution in [0.25, 0.3) is 0 Å². The summed E-state index contributed by atoms with van der Waals surface area (Å²) in [4.78, 5) is 0. The molecule has 4 heteroatoms. The number of ether oxygens (including phenoxy) is 1. The van der Waals surface area contributed by atoms with Crippen molar-refractivity contribution in [1.29, 1.82) is 0 Å². The lowest BCUT2D eigenvalue weighted by Crippen LogP contribution is -2.56. The lowest BCUT2D eigenvalue weighted by Gasteiger charge is -2.30. The summed E-state index contributed by atoms with van der Waals surface area (Å²) in [5.41, 5.74) is 8.93. The van der Waals surface area contributed by atoms with Crippen LogP contribution in [0, 0.1) is 0 Å². The van der Waals surface area contributed by atoms with Crippen molar-refractivity contribution in [2.24, 2.45) is 5.73 Å². The van der Waals surface area contributed by atoms with E-state index in [1.807, 2.05) is 19.1 Å². The largest absolute Gasteiger partial charge is 0.379 e. The third kappa shape index (κ3) is 2.13. The number of hydrogen-bond donors (Lipinski definition) is 2. The Morgan fingerprint density at radius 2 is 2.36 bits per heavy atom. The maximum Gasteiger partial charge on any atom is 0.0702 e. The first-order valence-electron chi connectivity index (χ1n) is 3.91. The number of nitrogens with two attached hydrogens (primary N) is 1. The Kier molecular flexibility index (Phi) is 2.84. The van der Waals surface area contributed by atoms with Gasteiger partial charge in [0.2, 0.25) is 0 Å². The van der Waals surface area contributed by atoms with Gasteiger partial charge in [0.15, 0.2) is 0 Å². The van der Waals surface area contributed by atoms with Crippen molar-refractivity contribution in [3.8, 4) is 0 Å². The molecule has 0 aromatic carbocycles. The Bertz CT molecular complexity index is 121. The monoisotopic (exact) mass is 159 g/mol. The van der Waals surface area contributed by atoms with Gasteiger partial charge in [0, 0.05) is 27.2 Å². The highest BCUT2D eigenvalue weighted by molar-refractivity contribution is 4.91. The summed E-state index contributed by atoms with van der Waals surface area (Å²) in [6.45, 7) is 2.17. The van der Waals surface area contributed by atoms with Crippen LogP contribution in [-0.4, -0.2) is 44.4 Å². The minimum absolute atomic E-state index is 0.0104. The molecule has 0 spiro atoms. The van der Waals surface area contributed by atoms with Crippen LogP contribution in [0.3, 0.4) is 0 Å². The van der Waals surface area contributed by atoms with Crippen molar-refractivity contribution >= 4 is 0 Å². The molecule has 4 nitrogen and oxygen atoms in total. The van der Waals surface area contributed by atoms with E-state index < -0.39 is 0 Å². The number of nitrogens with one attached hydrogen (secondary N) is 1. The number of nitrogens with zero attached hydrogens (tertiary/aromatic N) is 1. The molecule has 1 atom stereocenters. The first-order valence-corrected chi connectivity index (χ1v) is 3.91. The van der Waals surface area contributed by atoms with Crippen molar-refractivity contribution < 1.29 is 4.74 Å². The van der Waals surface area contributed by atoms with E-state index in [-0.39, 0.29) is 5.54 Å². The third-order valence-electron chi connectivity index (χ3n) is 1.95. The lowest BCUT2D eigenvalue weighted by atomic mass is 10.0. The Hall–Kier alpha value is -0.160. The molecule has 1 saturated heterocycles. The average molecular weight is 159 g/mol. The van der Waals surface area contributed by atoms with Gasteiger partial charge < -0.3 is 10.5 Å². The Labute approximate surface area is 67.7 Å². The number of hydrazine groups is 1. The topological polar surface area (TPSA) is 50.5 Å². The summed E-state index contributed by atoms with van der Waals surface area (Å²) in [6, 6.07) is 0. The molecule has 1 aliphatic rings. The zero-order valence-electron chi connectivity index (χ0n) is 7.26. The molecule has 1 unspecified atom stereocenters. The van der Waals surface area contributed by atoms with E-state index in [1.165, 1.54) is 0 Å². The second-order valence-electron chi connectivity index (χ2n) is 3.29. The van der Waals surface area contributed by atoms with E-state index in [1.54, 1.807) is 0 Å². The van der Waals surface area contributed by atoms with Gasteiger partial charge in [-0.25, -0.2) is 10.4 Å². The van der Waals surface area contributed by atoms with Crippen LogP contribution in [0.1, 0.15) is 6.42 Å². The van der Waals surface area contributed by atoms with Gasteiger partial charge in [-0.15, -0.1) is 0 Å². The maximum absolute atomic E-state index is 5.65. The van der Waals surface area contributed by atoms with E-state index in [0.29, 0.717) is 6.54 Å². The average Bonchev–Trinajstić information content (AvgIpc) is 2.36. The molecule has 11 heavy (non-hydrogen) atoms. The van der Waals surface area contributed by atoms with E-state index >= 15 is 0 Å². The lowest BCUT2D eigenvalue weighted by molar-refractivity contribution is 0.122. The van der Waals surface area contributed by atoms with E-state index in [2.05, 4.69) is 5.43 Å². The molecule has 0 aromatic heterocycles. The molecule has 0 amide bonds. The smallest absolute Gasteiger partial charge is 0.0702 e. The van der Waals surface area contributed by atoms with Gasteiger partial charge >= 0.3 is 0 Å². The molecular formula is C7H17N3O. The Morgan fingerprint density at radius 1 is 1.64 bits per heavy atom. The number of rotatable bonds is 3. The maximum atomic E-state index is 5.65. The standard InChI is InChI=1S/C7H17N3O/c1-10(2)9-7(5-8)3-4-11-6-7/h9H,3-6,8H2,1-2H3. The minimum atomic E-state index is -0.0104. The van der Waals surface area contributed by atoms with Crippen molar-refractivity contribution in [3.63, 3.8) is 0 Å². The highest BCUT2D eigenvalue weighted by Crippen LogP contribution is 2.16. The van der Waals surface area contributed by atoms with Crippen LogP contribution in [0.15, 0.2) is 0 Å². The van der Waals surface area contributed by atoms with Crippen LogP contribution in [0.4, 0.5) is 0 Å². The van der Waals surface area contributed by atoms with Crippen molar-refractivity contribution in [1.82, 2.24) is 10.4 Å². The summed E-state index contributed by atoms with van der Waals surface area (Å²) < 4.78 is 5.28. The first-order chi connectivity index (χ1) is 5.18. The van der Waals surface area contributed by atoms with Crippen molar-refractivity contribution in [3.05, 3.63) is 0 Å². The fourth-order valence-corrected chi connectivity index (χ4v) is 1.38. The van der Waals surface area contributed by atoms with Gasteiger partial charge in [-0.2, -0.15) is 0 Å². The van der Waals surface area contributed by atoms with E-state index in [0.717, 1.165) is 19.6 Å². The van der Waals surface area contributed by atoms with Crippen LogP contribution in [0.5, 0.6) is 0 Å². The van der Waals surface area contributed by atoms with E-state index in [9.17, 15) is 0 Å². The van der Waals surface area contributed by atoms with Gasteiger partial charge in [-0.3, -0.25) is 0 Å². The fraction of sp³-hybridized carbons (Fsp3) is 1.00. The van der Waals surface area contributed by atoms with Crippen LogP contribution >= 0.6 is 0 Å². The second kappa shape index (κ2) is 3.49. The molecule has 0 saturated carbocycles. The highest BCUT2D eigenvalue weighted by Gasteiger charge is 2.33. The molecule has 66 valence electrons. The summed E-state index contributed by atoms with van der Waals surface area (Å²) in [6.07, 6.45) is 1.00. The van der Waals surface area contributed by atoms with Gasteiger partial charge in [0.05, 0.1) is 12.1 Å². The Balaban J connectivity index is 2.45. The molecule has 3 N–H and O–H groups in total. The predicted octanol–water partition coefficient (Wildman–Crippen LogP) is -0.830. The summed E-state index contributed by atoms with van der Waals surface area (Å²) in [5.74, 6) is 0. The zero-order valence-corrected chi connectivity index (χ0v) is 7.26. The summed E-state index contributed by atoms with van der Waals surface area (Å²) >= 11 is 0. The molecule has 0 bridgehead atoms. The second-order valence-corrected chi connectivity index (χ2v) is 3.29. The van der Waals surface area contributed by atoms with Gasteiger partial charge in [-0.1, -0.05) is 0 Å². The van der Waals surface area contributed by atoms with Gasteiger partial charge in [-0.05, 0) is 6.42 Å². The number of hydrogen-bond acceptors (Lipinski definition) is 4. The molecule has 1 heterocycles. The Morgan fingerprint density at radius 3 is 2.73 bits per heavy atom. The van der Waals surface area contributed by atoms with E-state index in [4.69, 9.17) is 10.5 Å². The molecule has 0 aromatic rings. The fourth-order valence-electron chi connectivity index (χ4n) is 1.38. The predicted molar refractivity (Wildman–Crippen MR) is 44.0 cm³/mol. The van der Waals surface area contributed by atoms with Crippen molar-refractivity contribution in [2.45, 2.75) is 12.0 Å². The summed E-state index contributed by atoms with van der Waals surface area (Å²) in [5, 5.41) is 1.93. The van der Waals surface area contributed by atoms with Crippen LogP contribution < -0.4 is 11.2 Å². The quantitative estimate of drug-likeness (QED) is 0.528. The highest BCUT2D eigenvalue weighted by atomic mass is 16.5. The minimum Gasteiger partial charge on any atom is -0.379 e. The SMILES string of the molecule is CN(C)NC1(CN)CCOC1. The normalized spacial score (nSPS) is 31.6. The third-order valence-corrected chi connectivity index (χ3v) is 1.95. The first kappa shape index (κ1) is 8.93. The molecule has 0 aliphatic carbocycles. The van der Waals surface area contributed by atoms with Crippen molar-refractivity contribution in [2.75, 3.05) is 33.9 Å². The molecular weight excluding hydrogens is 142 g/mol. The van der Waals surface area contributed by atoms with Crippen LogP contribution in [0.2, 0.25) is 0 Å². The summed E-state index contributed by atoms with van der Waals surface area (Å²) in [7, 11) is 3.94. The molecule has 1 aliphatic heterocycles. The van der Waals surface area contributed by atoms with Crippen LogP contribution in [-0.2, 0) is 4.74 Å². The molecule has 1 fully saturated rings. The van der Waals surface area contributed by atoms with Gasteiger partial charge in [0.1, 0.15) is 0 Å². The zero-order chi connectivity index (χ0) is 8.32.